The van der Waals surface area contributed by atoms with Crippen LogP contribution in [0.4, 0.5) is 5.95 Å². The van der Waals surface area contributed by atoms with Gasteiger partial charge in [0.15, 0.2) is 0 Å². The van der Waals surface area contributed by atoms with Crippen molar-refractivity contribution in [2.75, 3.05) is 5.32 Å². The second-order valence-electron chi connectivity index (χ2n) is 5.21. The fourth-order valence-corrected chi connectivity index (χ4v) is 2.01. The SMILES string of the molecule is CCCC(=O)On1nnc(-c2cnc(NCc3ccccc3)nc2)n1. The molecule has 0 fully saturated rings. The van der Waals surface area contributed by atoms with Crippen LogP contribution in [0, 0.1) is 0 Å². The lowest BCUT2D eigenvalue weighted by molar-refractivity contribution is -0.148. The molecule has 9 heteroatoms. The summed E-state index contributed by atoms with van der Waals surface area (Å²) < 4.78 is 0. The van der Waals surface area contributed by atoms with Crippen LogP contribution in [0.1, 0.15) is 25.3 Å². The third-order valence-electron chi connectivity index (χ3n) is 3.24. The van der Waals surface area contributed by atoms with Gasteiger partial charge in [0.2, 0.25) is 11.8 Å². The number of hydrogen-bond acceptors (Lipinski definition) is 8. The zero-order chi connectivity index (χ0) is 17.5. The number of aromatic nitrogens is 6. The largest absolute Gasteiger partial charge is 0.350 e. The molecule has 0 radical (unpaired) electrons. The number of benzene rings is 1. The van der Waals surface area contributed by atoms with Crippen LogP contribution < -0.4 is 10.2 Å². The molecule has 9 nitrogen and oxygen atoms in total. The quantitative estimate of drug-likeness (QED) is 0.645. The highest BCUT2D eigenvalue weighted by Crippen LogP contribution is 2.12. The Balaban J connectivity index is 1.60. The summed E-state index contributed by atoms with van der Waals surface area (Å²) in [5.74, 6) is 0.358. The van der Waals surface area contributed by atoms with Gasteiger partial charge < -0.3 is 10.2 Å². The molecular formula is C16H17N7O2. The van der Waals surface area contributed by atoms with Crippen LogP contribution >= 0.6 is 0 Å². The van der Waals surface area contributed by atoms with Crippen molar-refractivity contribution in [2.24, 2.45) is 0 Å². The predicted molar refractivity (Wildman–Crippen MR) is 89.1 cm³/mol. The van der Waals surface area contributed by atoms with Crippen molar-refractivity contribution in [3.63, 3.8) is 0 Å². The molecule has 2 aromatic heterocycles. The van der Waals surface area contributed by atoms with Crippen molar-refractivity contribution < 1.29 is 9.63 Å². The number of rotatable bonds is 7. The summed E-state index contributed by atoms with van der Waals surface area (Å²) >= 11 is 0. The first kappa shape index (κ1) is 16.5. The van der Waals surface area contributed by atoms with Crippen LogP contribution in [-0.4, -0.2) is 36.3 Å². The normalized spacial score (nSPS) is 10.4. The summed E-state index contributed by atoms with van der Waals surface area (Å²) in [5, 5.41) is 14.6. The minimum atomic E-state index is -0.414. The molecule has 0 spiro atoms. The Bertz CT molecular complexity index is 818. The molecule has 0 unspecified atom stereocenters. The van der Waals surface area contributed by atoms with E-state index in [1.54, 1.807) is 12.4 Å². The minimum Gasteiger partial charge on any atom is -0.350 e. The second-order valence-corrected chi connectivity index (χ2v) is 5.21. The first-order chi connectivity index (χ1) is 12.2. The molecule has 0 saturated heterocycles. The van der Waals surface area contributed by atoms with E-state index in [9.17, 15) is 4.79 Å². The molecule has 0 saturated carbocycles. The highest BCUT2D eigenvalue weighted by molar-refractivity contribution is 5.69. The summed E-state index contributed by atoms with van der Waals surface area (Å²) in [5.41, 5.74) is 1.71. The van der Waals surface area contributed by atoms with Crippen LogP contribution in [0.25, 0.3) is 11.4 Å². The van der Waals surface area contributed by atoms with Gasteiger partial charge in [0.25, 0.3) is 0 Å². The maximum atomic E-state index is 11.4. The highest BCUT2D eigenvalue weighted by Gasteiger charge is 2.10. The van der Waals surface area contributed by atoms with Gasteiger partial charge in [0.1, 0.15) is 0 Å². The molecule has 1 aromatic carbocycles. The number of carbonyl (C=O) groups excluding carboxylic acids is 1. The monoisotopic (exact) mass is 339 g/mol. The number of hydrogen-bond donors (Lipinski definition) is 1. The van der Waals surface area contributed by atoms with Crippen LogP contribution in [0.3, 0.4) is 0 Å². The van der Waals surface area contributed by atoms with Gasteiger partial charge in [-0.2, -0.15) is 0 Å². The zero-order valence-electron chi connectivity index (χ0n) is 13.7. The van der Waals surface area contributed by atoms with Crippen molar-refractivity contribution >= 4 is 11.9 Å². The lowest BCUT2D eigenvalue weighted by Gasteiger charge is -2.04. The number of nitrogens with zero attached hydrogens (tertiary/aromatic N) is 6. The van der Waals surface area contributed by atoms with Crippen molar-refractivity contribution in [1.29, 1.82) is 0 Å². The van der Waals surface area contributed by atoms with E-state index in [1.165, 1.54) is 0 Å². The van der Waals surface area contributed by atoms with Crippen molar-refractivity contribution in [3.8, 4) is 11.4 Å². The van der Waals surface area contributed by atoms with Gasteiger partial charge >= 0.3 is 5.97 Å². The standard InChI is InChI=1S/C16H17N7O2/c1-2-6-14(24)25-23-21-15(20-22-23)13-10-18-16(19-11-13)17-9-12-7-4-3-5-8-12/h3-5,7-8,10-11H,2,6,9H2,1H3,(H,17,18,19). The van der Waals surface area contributed by atoms with Crippen molar-refractivity contribution in [3.05, 3.63) is 48.3 Å². The first-order valence-electron chi connectivity index (χ1n) is 7.86. The number of nitrogens with one attached hydrogen (secondary N) is 1. The van der Waals surface area contributed by atoms with Gasteiger partial charge in [0.05, 0.1) is 5.56 Å². The van der Waals surface area contributed by atoms with Gasteiger partial charge in [0, 0.05) is 30.3 Å². The highest BCUT2D eigenvalue weighted by atomic mass is 16.7. The van der Waals surface area contributed by atoms with E-state index in [4.69, 9.17) is 4.84 Å². The van der Waals surface area contributed by atoms with Gasteiger partial charge in [-0.15, -0.1) is 5.10 Å². The molecule has 0 atom stereocenters. The summed E-state index contributed by atoms with van der Waals surface area (Å²) in [4.78, 5) is 25.6. The smallest absolute Gasteiger partial charge is 0.336 e. The Morgan fingerprint density at radius 1 is 1.20 bits per heavy atom. The average molecular weight is 339 g/mol. The van der Waals surface area contributed by atoms with Crippen molar-refractivity contribution in [1.82, 2.24) is 30.3 Å². The topological polar surface area (TPSA) is 108 Å². The van der Waals surface area contributed by atoms with Gasteiger partial charge in [-0.1, -0.05) is 42.4 Å². The third kappa shape index (κ3) is 4.56. The Hall–Kier alpha value is -3.36. The third-order valence-corrected chi connectivity index (χ3v) is 3.24. The van der Waals surface area contributed by atoms with Gasteiger partial charge in [-0.3, -0.25) is 0 Å². The summed E-state index contributed by atoms with van der Waals surface area (Å²) in [7, 11) is 0. The molecule has 0 aliphatic rings. The molecule has 1 N–H and O–H groups in total. The van der Waals surface area contributed by atoms with E-state index in [1.807, 2.05) is 37.3 Å². The average Bonchev–Trinajstić information content (AvgIpc) is 3.10. The van der Waals surface area contributed by atoms with Crippen LogP contribution in [-0.2, 0) is 11.3 Å². The molecule has 3 aromatic rings. The van der Waals surface area contributed by atoms with E-state index in [0.29, 0.717) is 30.9 Å². The van der Waals surface area contributed by atoms with E-state index in [0.717, 1.165) is 10.5 Å². The minimum absolute atomic E-state index is 0.277. The molecule has 0 aliphatic heterocycles. The fourth-order valence-electron chi connectivity index (χ4n) is 2.01. The molecule has 0 aliphatic carbocycles. The van der Waals surface area contributed by atoms with Gasteiger partial charge in [-0.25, -0.2) is 14.8 Å². The molecule has 25 heavy (non-hydrogen) atoms. The molecule has 128 valence electrons. The zero-order valence-corrected chi connectivity index (χ0v) is 13.7. The van der Waals surface area contributed by atoms with Crippen LogP contribution in [0.5, 0.6) is 0 Å². The van der Waals surface area contributed by atoms with E-state index in [-0.39, 0.29) is 5.82 Å². The summed E-state index contributed by atoms with van der Waals surface area (Å²) in [6, 6.07) is 9.95. The van der Waals surface area contributed by atoms with Gasteiger partial charge in [-0.05, 0) is 17.2 Å². The molecule has 0 amide bonds. The van der Waals surface area contributed by atoms with E-state index < -0.39 is 5.97 Å². The Morgan fingerprint density at radius 3 is 2.68 bits per heavy atom. The van der Waals surface area contributed by atoms with Crippen LogP contribution in [0.2, 0.25) is 0 Å². The van der Waals surface area contributed by atoms with E-state index >= 15 is 0 Å². The lowest BCUT2D eigenvalue weighted by atomic mass is 10.2. The van der Waals surface area contributed by atoms with Crippen molar-refractivity contribution in [2.45, 2.75) is 26.3 Å². The fraction of sp³-hybridized carbons (Fsp3) is 0.250. The van der Waals surface area contributed by atoms with E-state index in [2.05, 4.69) is 30.7 Å². The lowest BCUT2D eigenvalue weighted by Crippen LogP contribution is -2.21. The first-order valence-corrected chi connectivity index (χ1v) is 7.86. The number of anilines is 1. The Kier molecular flexibility index (Phi) is 5.25. The molecule has 3 rings (SSSR count). The summed E-state index contributed by atoms with van der Waals surface area (Å²) in [6.07, 6.45) is 4.14. The Labute approximate surface area is 144 Å². The summed E-state index contributed by atoms with van der Waals surface area (Å²) in [6.45, 7) is 2.51. The molecular weight excluding hydrogens is 322 g/mol. The van der Waals surface area contributed by atoms with Crippen LogP contribution in [0.15, 0.2) is 42.7 Å². The molecule has 0 bridgehead atoms. The maximum Gasteiger partial charge on any atom is 0.336 e. The Morgan fingerprint density at radius 2 is 1.96 bits per heavy atom. The number of tetrazole rings is 1. The predicted octanol–water partition coefficient (Wildman–Crippen LogP) is 1.50. The molecule has 2 heterocycles. The second kappa shape index (κ2) is 7.95. The number of carbonyl (C=O) groups is 1. The maximum absolute atomic E-state index is 11.4.